The van der Waals surface area contributed by atoms with Gasteiger partial charge in [-0.25, -0.2) is 17.6 Å². The second-order valence-corrected chi connectivity index (χ2v) is 13.3. The molecule has 1 aromatic carbocycles. The Morgan fingerprint density at radius 1 is 1.28 bits per heavy atom. The van der Waals surface area contributed by atoms with Crippen LogP contribution in [0.4, 0.5) is 9.39 Å². The Bertz CT molecular complexity index is 1680. The second-order valence-electron chi connectivity index (χ2n) is 9.15. The number of ether oxygens (including phenoxy) is 1. The van der Waals surface area contributed by atoms with Crippen molar-refractivity contribution in [1.82, 2.24) is 4.57 Å². The summed E-state index contributed by atoms with van der Waals surface area (Å²) in [6.45, 7) is 3.98. The average Bonchev–Trinajstić information content (AvgIpc) is 3.34. The van der Waals surface area contributed by atoms with E-state index in [2.05, 4.69) is 23.2 Å². The number of anilines is 1. The Morgan fingerprint density at radius 3 is 2.77 bits per heavy atom. The van der Waals surface area contributed by atoms with Crippen molar-refractivity contribution < 1.29 is 31.9 Å². The number of halogens is 1. The first-order chi connectivity index (χ1) is 18.5. The normalized spacial score (nSPS) is 15.5. The number of nitrogens with zero attached hydrogens (tertiary/aromatic N) is 2. The molecular formula is C26H26FN3O6S3. The number of rotatable bonds is 8. The molecule has 0 radical (unpaired) electrons. The first kappa shape index (κ1) is 28.7. The quantitative estimate of drug-likeness (QED) is 0.317. The number of thiophene rings is 1. The molecule has 1 unspecified atom stereocenters. The summed E-state index contributed by atoms with van der Waals surface area (Å²) in [6.07, 6.45) is 7.71. The zero-order valence-corrected chi connectivity index (χ0v) is 23.7. The van der Waals surface area contributed by atoms with Crippen LogP contribution in [0.2, 0.25) is 0 Å². The number of benzene rings is 1. The van der Waals surface area contributed by atoms with Crippen molar-refractivity contribution in [2.75, 3.05) is 23.4 Å². The lowest BCUT2D eigenvalue weighted by Gasteiger charge is -2.18. The highest BCUT2D eigenvalue weighted by atomic mass is 32.2. The lowest BCUT2D eigenvalue weighted by molar-refractivity contribution is -0.115. The number of carbonyl (C=O) groups excluding carboxylic acids is 3. The fourth-order valence-corrected chi connectivity index (χ4v) is 7.88. The molecule has 206 valence electrons. The van der Waals surface area contributed by atoms with E-state index in [0.717, 1.165) is 34.6 Å². The molecule has 9 nitrogen and oxygen atoms in total. The van der Waals surface area contributed by atoms with Gasteiger partial charge in [0.25, 0.3) is 5.91 Å². The van der Waals surface area contributed by atoms with Gasteiger partial charge in [0.15, 0.2) is 14.6 Å². The number of esters is 1. The fraction of sp³-hybridized carbons (Fsp3) is 0.385. The summed E-state index contributed by atoms with van der Waals surface area (Å²) >= 11 is 2.23. The molecule has 1 N–H and O–H groups in total. The molecule has 0 spiro atoms. The zero-order valence-electron chi connectivity index (χ0n) is 21.3. The molecular weight excluding hydrogens is 566 g/mol. The maximum atomic E-state index is 13.6. The van der Waals surface area contributed by atoms with Crippen LogP contribution in [0.1, 0.15) is 41.1 Å². The van der Waals surface area contributed by atoms with Crippen molar-refractivity contribution in [1.29, 1.82) is 0 Å². The number of fused-ring (bicyclic) bond motifs is 2. The minimum absolute atomic E-state index is 0.0409. The van der Waals surface area contributed by atoms with Crippen LogP contribution >= 0.6 is 22.7 Å². The summed E-state index contributed by atoms with van der Waals surface area (Å²) in [5.41, 5.74) is 1.64. The summed E-state index contributed by atoms with van der Waals surface area (Å²) in [5, 5.41) is 2.79. The third kappa shape index (κ3) is 6.63. The number of terminal acetylenes is 1. The highest BCUT2D eigenvalue weighted by Crippen LogP contribution is 2.40. The van der Waals surface area contributed by atoms with E-state index in [1.807, 2.05) is 0 Å². The van der Waals surface area contributed by atoms with Crippen molar-refractivity contribution in [3.05, 3.63) is 44.8 Å². The van der Waals surface area contributed by atoms with E-state index < -0.39 is 44.9 Å². The number of hydrogen-bond donors (Lipinski definition) is 1. The van der Waals surface area contributed by atoms with E-state index in [0.29, 0.717) is 22.6 Å². The Morgan fingerprint density at radius 2 is 2.05 bits per heavy atom. The van der Waals surface area contributed by atoms with E-state index in [1.165, 1.54) is 34.1 Å². The lowest BCUT2D eigenvalue weighted by atomic mass is 9.88. The number of thiazole rings is 1. The highest BCUT2D eigenvalue weighted by molar-refractivity contribution is 7.92. The molecule has 2 heterocycles. The van der Waals surface area contributed by atoms with Gasteiger partial charge in [-0.05, 0) is 55.9 Å². The van der Waals surface area contributed by atoms with Crippen molar-refractivity contribution in [3.63, 3.8) is 0 Å². The van der Waals surface area contributed by atoms with E-state index in [-0.39, 0.29) is 28.5 Å². The van der Waals surface area contributed by atoms with Crippen molar-refractivity contribution in [2.45, 2.75) is 39.7 Å². The molecule has 2 aromatic heterocycles. The average molecular weight is 592 g/mol. The lowest BCUT2D eigenvalue weighted by Crippen LogP contribution is -2.28. The number of aromatic nitrogens is 1. The smallest absolute Gasteiger partial charge is 0.341 e. The molecule has 39 heavy (non-hydrogen) atoms. The summed E-state index contributed by atoms with van der Waals surface area (Å²) in [4.78, 5) is 42.9. The van der Waals surface area contributed by atoms with Crippen LogP contribution in [0.15, 0.2) is 23.2 Å². The SMILES string of the molecule is C#CCn1c(=NC(=O)CS(=O)(=O)CC(=O)Nc2sc3c(c2C(=O)OCC)CCC(C)C3)sc2cc(F)ccc21. The fourth-order valence-electron chi connectivity index (χ4n) is 4.38. The Kier molecular flexibility index (Phi) is 8.68. The van der Waals surface area contributed by atoms with Gasteiger partial charge in [-0.2, -0.15) is 4.99 Å². The number of nitrogens with one attached hydrogen (secondary N) is 1. The second kappa shape index (κ2) is 11.8. The van der Waals surface area contributed by atoms with Crippen LogP contribution in [0.5, 0.6) is 0 Å². The number of carbonyl (C=O) groups is 3. The third-order valence-corrected chi connectivity index (χ3v) is 9.65. The zero-order chi connectivity index (χ0) is 28.3. The predicted molar refractivity (Wildman–Crippen MR) is 148 cm³/mol. The molecule has 3 aromatic rings. The molecule has 4 rings (SSSR count). The largest absolute Gasteiger partial charge is 0.462 e. The van der Waals surface area contributed by atoms with Crippen LogP contribution in [-0.4, -0.2) is 48.9 Å². The van der Waals surface area contributed by atoms with Crippen molar-refractivity contribution >= 4 is 65.5 Å². The van der Waals surface area contributed by atoms with Gasteiger partial charge in [0, 0.05) is 4.88 Å². The number of sulfone groups is 1. The highest BCUT2D eigenvalue weighted by Gasteiger charge is 2.30. The van der Waals surface area contributed by atoms with Gasteiger partial charge in [-0.1, -0.05) is 24.2 Å². The Hall–Kier alpha value is -3.34. The number of amides is 2. The van der Waals surface area contributed by atoms with E-state index >= 15 is 0 Å². The van der Waals surface area contributed by atoms with Gasteiger partial charge in [0.2, 0.25) is 5.91 Å². The third-order valence-electron chi connectivity index (χ3n) is 6.05. The molecule has 0 saturated heterocycles. The summed E-state index contributed by atoms with van der Waals surface area (Å²) in [7, 11) is -4.21. The predicted octanol–water partition coefficient (Wildman–Crippen LogP) is 3.32. The minimum atomic E-state index is -4.21. The van der Waals surface area contributed by atoms with Gasteiger partial charge in [0.1, 0.15) is 22.3 Å². The molecule has 1 atom stereocenters. The Labute approximate surface area is 232 Å². The van der Waals surface area contributed by atoms with Crippen LogP contribution in [0, 0.1) is 24.1 Å². The van der Waals surface area contributed by atoms with E-state index in [9.17, 15) is 27.2 Å². The monoisotopic (exact) mass is 591 g/mol. The Balaban J connectivity index is 1.52. The van der Waals surface area contributed by atoms with Crippen molar-refractivity contribution in [2.24, 2.45) is 10.9 Å². The first-order valence-corrected chi connectivity index (χ1v) is 15.6. The number of hydrogen-bond acceptors (Lipinski definition) is 8. The summed E-state index contributed by atoms with van der Waals surface area (Å²) < 4.78 is 46.2. The van der Waals surface area contributed by atoms with Crippen LogP contribution in [-0.2, 0) is 43.5 Å². The standard InChI is InChI=1S/C26H26FN3O6S3/c1-4-10-30-18-9-7-16(27)12-20(18)38-26(30)29-22(32)14-39(34,35)13-21(31)28-24-23(25(33)36-5-2)17-8-6-15(3)11-19(17)37-24/h1,7,9,12,15H,5-6,8,10-11,13-14H2,2-3H3,(H,28,31). The van der Waals surface area contributed by atoms with Gasteiger partial charge in [-0.3, -0.25) is 9.59 Å². The molecule has 0 fully saturated rings. The van der Waals surface area contributed by atoms with Gasteiger partial charge in [0.05, 0.1) is 28.9 Å². The minimum Gasteiger partial charge on any atom is -0.462 e. The first-order valence-electron chi connectivity index (χ1n) is 12.1. The molecule has 2 amide bonds. The van der Waals surface area contributed by atoms with Crippen molar-refractivity contribution in [3.8, 4) is 12.3 Å². The van der Waals surface area contributed by atoms with Gasteiger partial charge < -0.3 is 14.6 Å². The topological polar surface area (TPSA) is 124 Å². The summed E-state index contributed by atoms with van der Waals surface area (Å²) in [5.74, 6) is -2.05. The molecule has 1 aliphatic carbocycles. The van der Waals surface area contributed by atoms with Gasteiger partial charge >= 0.3 is 5.97 Å². The van der Waals surface area contributed by atoms with E-state index in [1.54, 1.807) is 6.92 Å². The molecule has 0 aliphatic heterocycles. The van der Waals surface area contributed by atoms with Crippen LogP contribution in [0.3, 0.4) is 0 Å². The van der Waals surface area contributed by atoms with Crippen LogP contribution in [0.25, 0.3) is 10.2 Å². The molecule has 13 heteroatoms. The maximum absolute atomic E-state index is 13.6. The van der Waals surface area contributed by atoms with Gasteiger partial charge in [-0.15, -0.1) is 17.8 Å². The van der Waals surface area contributed by atoms with Crippen LogP contribution < -0.4 is 10.1 Å². The molecule has 1 aliphatic rings. The molecule has 0 saturated carbocycles. The molecule has 0 bridgehead atoms. The summed E-state index contributed by atoms with van der Waals surface area (Å²) in [6, 6.07) is 4.01. The maximum Gasteiger partial charge on any atom is 0.341 e. The van der Waals surface area contributed by atoms with E-state index in [4.69, 9.17) is 11.2 Å².